The van der Waals surface area contributed by atoms with Crippen LogP contribution in [-0.4, -0.2) is 30.5 Å². The fourth-order valence-electron chi connectivity index (χ4n) is 4.15. The molecule has 29 heavy (non-hydrogen) atoms. The molecule has 152 valence electrons. The molecule has 0 radical (unpaired) electrons. The number of anilines is 1. The molecule has 1 amide bonds. The summed E-state index contributed by atoms with van der Waals surface area (Å²) in [5, 5.41) is 2.16. The van der Waals surface area contributed by atoms with Crippen LogP contribution in [0.25, 0.3) is 0 Å². The minimum absolute atomic E-state index is 0.170. The van der Waals surface area contributed by atoms with Crippen LogP contribution in [0.2, 0.25) is 0 Å². The van der Waals surface area contributed by atoms with E-state index in [2.05, 4.69) is 5.32 Å². The van der Waals surface area contributed by atoms with Gasteiger partial charge >= 0.3 is 12.1 Å². The van der Waals surface area contributed by atoms with E-state index in [9.17, 15) is 22.8 Å². The Kier molecular flexibility index (Phi) is 4.72. The van der Waals surface area contributed by atoms with Crippen molar-refractivity contribution in [2.24, 2.45) is 0 Å². The van der Waals surface area contributed by atoms with Gasteiger partial charge in [-0.15, -0.1) is 0 Å². The lowest BCUT2D eigenvalue weighted by Crippen LogP contribution is -2.53. The fourth-order valence-corrected chi connectivity index (χ4v) is 4.15. The van der Waals surface area contributed by atoms with Crippen LogP contribution in [0.5, 0.6) is 11.5 Å². The molecule has 2 aliphatic rings. The number of hydrogen-bond acceptors (Lipinski definition) is 4. The van der Waals surface area contributed by atoms with Gasteiger partial charge in [0.1, 0.15) is 5.75 Å². The Labute approximate surface area is 165 Å². The zero-order valence-corrected chi connectivity index (χ0v) is 15.6. The molecule has 5 nitrogen and oxygen atoms in total. The molecule has 0 spiro atoms. The first kappa shape index (κ1) is 19.3. The quantitative estimate of drug-likeness (QED) is 0.755. The molecule has 4 rings (SSSR count). The molecule has 2 atom stereocenters. The van der Waals surface area contributed by atoms with Crippen molar-refractivity contribution in [2.45, 2.75) is 38.0 Å². The van der Waals surface area contributed by atoms with Crippen LogP contribution in [-0.2, 0) is 4.79 Å². The van der Waals surface area contributed by atoms with Crippen molar-refractivity contribution in [1.82, 2.24) is 5.32 Å². The zero-order valence-electron chi connectivity index (χ0n) is 15.6. The molecule has 1 N–H and O–H groups in total. The maximum atomic E-state index is 12.9. The van der Waals surface area contributed by atoms with Gasteiger partial charge in [0.15, 0.2) is 11.5 Å². The number of hydrogen-bond donors (Lipinski definition) is 1. The Morgan fingerprint density at radius 3 is 2.55 bits per heavy atom. The van der Waals surface area contributed by atoms with Gasteiger partial charge in [-0.2, -0.15) is 13.2 Å². The molecule has 1 fully saturated rings. The van der Waals surface area contributed by atoms with Gasteiger partial charge in [0.05, 0.1) is 17.8 Å². The highest BCUT2D eigenvalue weighted by Crippen LogP contribution is 2.49. The predicted molar refractivity (Wildman–Crippen MR) is 100 cm³/mol. The van der Waals surface area contributed by atoms with Gasteiger partial charge in [-0.05, 0) is 38.0 Å². The highest BCUT2D eigenvalue weighted by atomic mass is 19.4. The predicted octanol–water partition coefficient (Wildman–Crippen LogP) is 4.38. The van der Waals surface area contributed by atoms with Crippen LogP contribution in [0.4, 0.5) is 18.9 Å². The monoisotopic (exact) mass is 404 g/mol. The third kappa shape index (κ3) is 3.43. The summed E-state index contributed by atoms with van der Waals surface area (Å²) in [5.74, 6) is -1.17. The van der Waals surface area contributed by atoms with Gasteiger partial charge < -0.3 is 15.0 Å². The Morgan fingerprint density at radius 2 is 1.83 bits per heavy atom. The molecule has 0 aliphatic carbocycles. The van der Waals surface area contributed by atoms with Crippen molar-refractivity contribution < 1.29 is 27.5 Å². The fraction of sp³-hybridized carbons (Fsp3) is 0.333. The van der Waals surface area contributed by atoms with Gasteiger partial charge in [0.2, 0.25) is 0 Å². The topological polar surface area (TPSA) is 58.6 Å². The van der Waals surface area contributed by atoms with E-state index in [1.165, 1.54) is 6.92 Å². The van der Waals surface area contributed by atoms with Crippen LogP contribution < -0.4 is 15.0 Å². The number of nitrogens with one attached hydrogen (secondary N) is 1. The van der Waals surface area contributed by atoms with E-state index in [-0.39, 0.29) is 5.78 Å². The molecule has 0 unspecified atom stereocenters. The second-order valence-electron chi connectivity index (χ2n) is 7.21. The number of Topliss-reactive ketones (excluding diaryl/α,β-unsaturated/α-hetero) is 1. The summed E-state index contributed by atoms with van der Waals surface area (Å²) in [7, 11) is 0. The van der Waals surface area contributed by atoms with Crippen molar-refractivity contribution in [3.05, 3.63) is 53.6 Å². The highest BCUT2D eigenvalue weighted by molar-refractivity contribution is 6.01. The van der Waals surface area contributed by atoms with Crippen molar-refractivity contribution in [1.29, 1.82) is 0 Å². The standard InChI is InChI=1S/C21H19F3N2O3/c1-12(27)13-7-4-10-17-19(13)26-11-5-8-15(25-20(28)21(22,23)24)18(26)14-6-2-3-9-16(14)29-17/h2-4,6-7,9-10,15,18H,5,8,11H2,1H3,(H,25,28)/t15-,18+/m1/s1. The third-order valence-corrected chi connectivity index (χ3v) is 5.33. The van der Waals surface area contributed by atoms with Crippen LogP contribution in [0.15, 0.2) is 42.5 Å². The third-order valence-electron chi connectivity index (χ3n) is 5.33. The molecule has 8 heteroatoms. The molecule has 0 saturated carbocycles. The molecule has 0 aromatic heterocycles. The minimum atomic E-state index is -4.97. The van der Waals surface area contributed by atoms with E-state index in [4.69, 9.17) is 4.74 Å². The van der Waals surface area contributed by atoms with Gasteiger partial charge in [-0.3, -0.25) is 9.59 Å². The number of halogens is 3. The summed E-state index contributed by atoms with van der Waals surface area (Å²) in [6, 6.07) is 10.8. The number of ketones is 1. The van der Waals surface area contributed by atoms with Crippen molar-refractivity contribution >= 4 is 17.4 Å². The number of nitrogens with zero attached hydrogens (tertiary/aromatic N) is 1. The number of rotatable bonds is 2. The summed E-state index contributed by atoms with van der Waals surface area (Å²) >= 11 is 0. The van der Waals surface area contributed by atoms with E-state index in [1.54, 1.807) is 42.5 Å². The van der Waals surface area contributed by atoms with Crippen LogP contribution in [0.1, 0.15) is 41.7 Å². The second kappa shape index (κ2) is 7.09. The molecule has 2 heterocycles. The summed E-state index contributed by atoms with van der Waals surface area (Å²) in [4.78, 5) is 25.8. The lowest BCUT2D eigenvalue weighted by Gasteiger charge is -2.43. The van der Waals surface area contributed by atoms with E-state index in [0.29, 0.717) is 47.7 Å². The number of benzene rings is 2. The number of piperidine rings is 1. The first-order valence-corrected chi connectivity index (χ1v) is 9.32. The SMILES string of the molecule is CC(=O)c1cccc2c1N1CCC[C@@H](NC(=O)C(F)(F)F)[C@@H]1c1ccccc1O2. The van der Waals surface area contributed by atoms with E-state index < -0.39 is 24.2 Å². The van der Waals surface area contributed by atoms with Gasteiger partial charge in [0.25, 0.3) is 0 Å². The van der Waals surface area contributed by atoms with Gasteiger partial charge in [-0.1, -0.05) is 24.3 Å². The number of ether oxygens (including phenoxy) is 1. The lowest BCUT2D eigenvalue weighted by atomic mass is 9.88. The molecule has 1 saturated heterocycles. The van der Waals surface area contributed by atoms with E-state index in [0.717, 1.165) is 0 Å². The molecular formula is C21H19F3N2O3. The van der Waals surface area contributed by atoms with E-state index in [1.807, 2.05) is 4.90 Å². The number of amides is 1. The van der Waals surface area contributed by atoms with Crippen LogP contribution in [0, 0.1) is 0 Å². The van der Waals surface area contributed by atoms with Crippen molar-refractivity contribution in [3.8, 4) is 11.5 Å². The summed E-state index contributed by atoms with van der Waals surface area (Å²) < 4.78 is 44.8. The Hall–Kier alpha value is -3.03. The maximum Gasteiger partial charge on any atom is 0.471 e. The Morgan fingerprint density at radius 1 is 1.10 bits per heavy atom. The Bertz CT molecular complexity index is 974. The van der Waals surface area contributed by atoms with Crippen LogP contribution >= 0.6 is 0 Å². The molecule has 2 aromatic rings. The molecule has 0 bridgehead atoms. The average molecular weight is 404 g/mol. The Balaban J connectivity index is 1.86. The largest absolute Gasteiger partial charge is 0.471 e. The molecule has 2 aliphatic heterocycles. The molecular weight excluding hydrogens is 385 g/mol. The zero-order chi connectivity index (χ0) is 20.8. The number of para-hydroxylation sites is 2. The van der Waals surface area contributed by atoms with Gasteiger partial charge in [-0.25, -0.2) is 0 Å². The second-order valence-corrected chi connectivity index (χ2v) is 7.21. The molecule has 2 aromatic carbocycles. The average Bonchev–Trinajstić information content (AvgIpc) is 2.82. The summed E-state index contributed by atoms with van der Waals surface area (Å²) in [6.07, 6.45) is -4.02. The summed E-state index contributed by atoms with van der Waals surface area (Å²) in [6.45, 7) is 1.97. The first-order chi connectivity index (χ1) is 13.8. The number of alkyl halides is 3. The normalized spacial score (nSPS) is 20.5. The summed E-state index contributed by atoms with van der Waals surface area (Å²) in [5.41, 5.74) is 1.65. The highest BCUT2D eigenvalue weighted by Gasteiger charge is 2.44. The van der Waals surface area contributed by atoms with E-state index >= 15 is 0 Å². The number of carbonyl (C=O) groups excluding carboxylic acids is 2. The maximum absolute atomic E-state index is 12.9. The van der Waals surface area contributed by atoms with Gasteiger partial charge in [0, 0.05) is 17.7 Å². The van der Waals surface area contributed by atoms with Crippen molar-refractivity contribution in [2.75, 3.05) is 11.4 Å². The van der Waals surface area contributed by atoms with Crippen molar-refractivity contribution in [3.63, 3.8) is 0 Å². The minimum Gasteiger partial charge on any atom is -0.455 e. The van der Waals surface area contributed by atoms with Crippen LogP contribution in [0.3, 0.4) is 0 Å². The smallest absolute Gasteiger partial charge is 0.455 e. The number of fused-ring (bicyclic) bond motifs is 5. The lowest BCUT2D eigenvalue weighted by molar-refractivity contribution is -0.174. The first-order valence-electron chi connectivity index (χ1n) is 9.32. The number of carbonyl (C=O) groups is 2.